The van der Waals surface area contributed by atoms with Gasteiger partial charge in [-0.2, -0.15) is 8.78 Å². The van der Waals surface area contributed by atoms with E-state index in [9.17, 15) is 8.78 Å². The Kier molecular flexibility index (Phi) is 5.87. The first-order chi connectivity index (χ1) is 13.9. The topological polar surface area (TPSA) is 60.1 Å². The highest BCUT2D eigenvalue weighted by Crippen LogP contribution is 2.45. The summed E-state index contributed by atoms with van der Waals surface area (Å²) < 4.78 is 35.2. The van der Waals surface area contributed by atoms with E-state index in [1.165, 1.54) is 12.1 Å². The molecule has 0 fully saturated rings. The van der Waals surface area contributed by atoms with E-state index in [0.29, 0.717) is 24.0 Å². The van der Waals surface area contributed by atoms with Crippen molar-refractivity contribution in [3.05, 3.63) is 84.6 Å². The van der Waals surface area contributed by atoms with Crippen molar-refractivity contribution < 1.29 is 18.3 Å². The van der Waals surface area contributed by atoms with E-state index in [0.717, 1.165) is 17.5 Å². The van der Waals surface area contributed by atoms with E-state index in [-0.39, 0.29) is 5.75 Å². The highest BCUT2D eigenvalue weighted by atomic mass is 19.3. The van der Waals surface area contributed by atoms with Gasteiger partial charge in [0, 0.05) is 7.05 Å². The summed E-state index contributed by atoms with van der Waals surface area (Å²) in [6.07, 6.45) is 2.51. The molecule has 2 aromatic carbocycles. The number of guanidine groups is 1. The summed E-state index contributed by atoms with van der Waals surface area (Å²) in [7, 11) is 1.78. The van der Waals surface area contributed by atoms with Crippen LogP contribution in [0.5, 0.6) is 11.5 Å². The molecule has 0 aromatic heterocycles. The van der Waals surface area contributed by atoms with E-state index >= 15 is 0 Å². The molecular weight excluding hydrogens is 376 g/mol. The third-order valence-electron chi connectivity index (χ3n) is 4.79. The van der Waals surface area contributed by atoms with Gasteiger partial charge in [0.2, 0.25) is 0 Å². The lowest BCUT2D eigenvalue weighted by molar-refractivity contribution is -0.0498. The number of ether oxygens (including phenoxy) is 2. The van der Waals surface area contributed by atoms with Gasteiger partial charge in [-0.15, -0.1) is 6.58 Å². The third kappa shape index (κ3) is 3.94. The lowest BCUT2D eigenvalue weighted by Crippen LogP contribution is -2.32. The maximum Gasteiger partial charge on any atom is 0.387 e. The van der Waals surface area contributed by atoms with E-state index in [2.05, 4.69) is 17.9 Å². The van der Waals surface area contributed by atoms with Crippen LogP contribution in [0.25, 0.3) is 0 Å². The van der Waals surface area contributed by atoms with Gasteiger partial charge in [-0.3, -0.25) is 0 Å². The van der Waals surface area contributed by atoms with Gasteiger partial charge in [0.25, 0.3) is 0 Å². The zero-order valence-corrected chi connectivity index (χ0v) is 16.1. The lowest BCUT2D eigenvalue weighted by atomic mass is 9.81. The van der Waals surface area contributed by atoms with E-state index in [1.807, 2.05) is 24.3 Å². The number of aliphatic imine (C=N–C) groups is 1. The minimum atomic E-state index is -2.89. The maximum absolute atomic E-state index is 12.5. The molecule has 3 rings (SSSR count). The van der Waals surface area contributed by atoms with Gasteiger partial charge in [0.1, 0.15) is 11.5 Å². The molecular formula is C22H23F2N3O2. The van der Waals surface area contributed by atoms with Crippen molar-refractivity contribution in [2.24, 2.45) is 10.7 Å². The van der Waals surface area contributed by atoms with Crippen molar-refractivity contribution in [2.45, 2.75) is 18.6 Å². The van der Waals surface area contributed by atoms with Gasteiger partial charge >= 0.3 is 6.61 Å². The predicted molar refractivity (Wildman–Crippen MR) is 109 cm³/mol. The summed E-state index contributed by atoms with van der Waals surface area (Å²) in [5.41, 5.74) is 7.26. The SMILES string of the molecule is C=CCCOc1cccc([C@@]2(c3ccc(OC(F)F)cc3)N=C(N)N(C)C2=C)c1. The van der Waals surface area contributed by atoms with Crippen molar-refractivity contribution in [2.75, 3.05) is 13.7 Å². The molecule has 0 unspecified atom stereocenters. The van der Waals surface area contributed by atoms with Crippen LogP contribution in [0.2, 0.25) is 0 Å². The fourth-order valence-corrected chi connectivity index (χ4v) is 3.27. The number of hydrogen-bond acceptors (Lipinski definition) is 5. The Balaban J connectivity index is 2.06. The molecule has 2 aromatic rings. The normalized spacial score (nSPS) is 18.7. The maximum atomic E-state index is 12.5. The standard InChI is InChI=1S/C22H23F2N3O2/c1-4-5-13-28-19-8-6-7-17(14-19)22(15(2)27(3)21(25)26-22)16-9-11-18(12-10-16)29-20(23)24/h4,6-12,14,20H,1-2,5,13H2,3H3,(H2,25,26)/t22-/m1/s1. The molecule has 0 saturated carbocycles. The van der Waals surface area contributed by atoms with Crippen LogP contribution in [0.15, 0.2) is 78.5 Å². The van der Waals surface area contributed by atoms with E-state index < -0.39 is 12.2 Å². The van der Waals surface area contributed by atoms with Gasteiger partial charge in [-0.1, -0.05) is 36.9 Å². The van der Waals surface area contributed by atoms with Crippen molar-refractivity contribution >= 4 is 5.96 Å². The summed E-state index contributed by atoms with van der Waals surface area (Å²) in [6, 6.07) is 13.8. The fraction of sp³-hybridized carbons (Fsp3) is 0.227. The molecule has 1 aliphatic rings. The number of hydrogen-bond donors (Lipinski definition) is 1. The van der Waals surface area contributed by atoms with Crippen LogP contribution >= 0.6 is 0 Å². The van der Waals surface area contributed by atoms with Crippen LogP contribution in [0, 0.1) is 0 Å². The average molecular weight is 399 g/mol. The summed E-state index contributed by atoms with van der Waals surface area (Å²) in [4.78, 5) is 6.41. The molecule has 0 radical (unpaired) electrons. The number of rotatable bonds is 8. The Hall–Kier alpha value is -3.35. The number of nitrogens with two attached hydrogens (primary N) is 1. The second-order valence-corrected chi connectivity index (χ2v) is 6.54. The molecule has 1 atom stereocenters. The molecule has 0 amide bonds. The van der Waals surface area contributed by atoms with Crippen molar-refractivity contribution in [3.8, 4) is 11.5 Å². The fourth-order valence-electron chi connectivity index (χ4n) is 3.27. The lowest BCUT2D eigenvalue weighted by Gasteiger charge is -2.30. The Morgan fingerprint density at radius 1 is 1.17 bits per heavy atom. The molecule has 0 bridgehead atoms. The molecule has 152 valence electrons. The zero-order chi connectivity index (χ0) is 21.0. The number of nitrogens with zero attached hydrogens (tertiary/aromatic N) is 2. The van der Waals surface area contributed by atoms with Gasteiger partial charge < -0.3 is 20.1 Å². The summed E-state index contributed by atoms with van der Waals surface area (Å²) in [5.74, 6) is 1.05. The van der Waals surface area contributed by atoms with Crippen LogP contribution in [0.4, 0.5) is 8.78 Å². The van der Waals surface area contributed by atoms with Crippen LogP contribution in [-0.4, -0.2) is 31.1 Å². The molecule has 7 heteroatoms. The predicted octanol–water partition coefficient (Wildman–Crippen LogP) is 4.26. The van der Waals surface area contributed by atoms with E-state index in [1.54, 1.807) is 30.2 Å². The highest BCUT2D eigenvalue weighted by Gasteiger charge is 2.44. The molecule has 5 nitrogen and oxygen atoms in total. The van der Waals surface area contributed by atoms with Crippen LogP contribution < -0.4 is 15.2 Å². The highest BCUT2D eigenvalue weighted by molar-refractivity contribution is 5.85. The number of halogens is 2. The summed E-state index contributed by atoms with van der Waals surface area (Å²) >= 11 is 0. The number of likely N-dealkylation sites (N-methyl/N-ethyl adjacent to an activating group) is 1. The first-order valence-corrected chi connectivity index (χ1v) is 9.06. The molecule has 29 heavy (non-hydrogen) atoms. The van der Waals surface area contributed by atoms with Crippen LogP contribution in [-0.2, 0) is 5.54 Å². The van der Waals surface area contributed by atoms with Gasteiger partial charge in [0.15, 0.2) is 11.5 Å². The third-order valence-corrected chi connectivity index (χ3v) is 4.79. The van der Waals surface area contributed by atoms with Crippen molar-refractivity contribution in [3.63, 3.8) is 0 Å². The molecule has 1 aliphatic heterocycles. The van der Waals surface area contributed by atoms with Gasteiger partial charge in [-0.25, -0.2) is 4.99 Å². The quantitative estimate of drug-likeness (QED) is 0.532. The van der Waals surface area contributed by atoms with Gasteiger partial charge in [-0.05, 0) is 41.8 Å². The second kappa shape index (κ2) is 8.34. The second-order valence-electron chi connectivity index (χ2n) is 6.54. The minimum Gasteiger partial charge on any atom is -0.493 e. The monoisotopic (exact) mass is 399 g/mol. The number of benzene rings is 2. The van der Waals surface area contributed by atoms with E-state index in [4.69, 9.17) is 15.5 Å². The largest absolute Gasteiger partial charge is 0.493 e. The van der Waals surface area contributed by atoms with Crippen LogP contribution in [0.3, 0.4) is 0 Å². The van der Waals surface area contributed by atoms with Crippen LogP contribution in [0.1, 0.15) is 17.5 Å². The Morgan fingerprint density at radius 3 is 2.48 bits per heavy atom. The Labute approximate surface area is 168 Å². The molecule has 0 spiro atoms. The zero-order valence-electron chi connectivity index (χ0n) is 16.1. The first kappa shape index (κ1) is 20.4. The Bertz CT molecular complexity index is 928. The molecule has 1 heterocycles. The first-order valence-electron chi connectivity index (χ1n) is 9.06. The summed E-state index contributed by atoms with van der Waals surface area (Å²) in [5, 5.41) is 0. The van der Waals surface area contributed by atoms with Gasteiger partial charge in [0.05, 0.1) is 12.3 Å². The Morgan fingerprint density at radius 2 is 1.90 bits per heavy atom. The molecule has 2 N–H and O–H groups in total. The number of alkyl halides is 2. The molecule has 0 aliphatic carbocycles. The van der Waals surface area contributed by atoms with Crippen molar-refractivity contribution in [1.82, 2.24) is 4.90 Å². The molecule has 0 saturated heterocycles. The summed E-state index contributed by atoms with van der Waals surface area (Å²) in [6.45, 7) is 5.50. The van der Waals surface area contributed by atoms with Crippen molar-refractivity contribution in [1.29, 1.82) is 0 Å². The average Bonchev–Trinajstić information content (AvgIpc) is 2.93. The smallest absolute Gasteiger partial charge is 0.387 e. The minimum absolute atomic E-state index is 0.0642.